The third-order valence-electron chi connectivity index (χ3n) is 5.67. The summed E-state index contributed by atoms with van der Waals surface area (Å²) in [5, 5.41) is 9.41. The normalized spacial score (nSPS) is 13.4. The van der Waals surface area contributed by atoms with Gasteiger partial charge in [0.1, 0.15) is 10.9 Å². The first kappa shape index (κ1) is 20.4. The molecule has 162 valence electrons. The van der Waals surface area contributed by atoms with Crippen LogP contribution in [0.5, 0.6) is 0 Å². The zero-order valence-corrected chi connectivity index (χ0v) is 17.5. The molecule has 1 aliphatic carbocycles. The number of hydrogen-bond donors (Lipinski definition) is 1. The van der Waals surface area contributed by atoms with Gasteiger partial charge in [0.15, 0.2) is 0 Å². The molecule has 0 bridgehead atoms. The van der Waals surface area contributed by atoms with E-state index in [4.69, 9.17) is 0 Å². The maximum atomic E-state index is 13.4. The van der Waals surface area contributed by atoms with Crippen molar-refractivity contribution in [3.63, 3.8) is 0 Å². The molecule has 1 heterocycles. The Bertz CT molecular complexity index is 1610. The van der Waals surface area contributed by atoms with Gasteiger partial charge in [-0.15, -0.1) is 0 Å². The summed E-state index contributed by atoms with van der Waals surface area (Å²) in [5.41, 5.74) is -0.104. The lowest BCUT2D eigenvalue weighted by Gasteiger charge is -2.06. The van der Waals surface area contributed by atoms with Crippen molar-refractivity contribution >= 4 is 38.5 Å². The number of carbonyl (C=O) groups excluding carboxylic acids is 1. The molecule has 5 rings (SSSR count). The average Bonchev–Trinajstić information content (AvgIpc) is 3.07. The van der Waals surface area contributed by atoms with Crippen molar-refractivity contribution in [2.45, 2.75) is 12.6 Å². The Morgan fingerprint density at radius 1 is 1.06 bits per heavy atom. The number of aromatic nitrogens is 2. The van der Waals surface area contributed by atoms with Crippen LogP contribution in [0.1, 0.15) is 12.0 Å². The standard InChI is InChI=1S/C24H19F3N4O/c1-30(2)12-11-20(32)29-31-19-10-9-15(24(25,26)27)13-18(19)28-22-16-7-3-5-14-6-4-8-17(21(14)16)23(22)31/h3-10,13H,11-12H2,1-2H3/p+1. The maximum absolute atomic E-state index is 13.4. The molecule has 0 aromatic heterocycles. The van der Waals surface area contributed by atoms with E-state index in [-0.39, 0.29) is 17.8 Å². The van der Waals surface area contributed by atoms with Crippen LogP contribution in [0.4, 0.5) is 13.2 Å². The maximum Gasteiger partial charge on any atom is 0.416 e. The number of nitrogens with one attached hydrogen (secondary N) is 1. The summed E-state index contributed by atoms with van der Waals surface area (Å²) >= 11 is 0. The topological polar surface area (TPSA) is 54.4 Å². The van der Waals surface area contributed by atoms with E-state index in [9.17, 15) is 18.0 Å². The van der Waals surface area contributed by atoms with E-state index in [1.807, 2.05) is 55.4 Å². The Morgan fingerprint density at radius 2 is 1.78 bits per heavy atom. The first-order chi connectivity index (χ1) is 15.2. The van der Waals surface area contributed by atoms with E-state index in [2.05, 4.69) is 10.1 Å². The van der Waals surface area contributed by atoms with Crippen molar-refractivity contribution in [2.75, 3.05) is 20.6 Å². The second-order valence-corrected chi connectivity index (χ2v) is 8.15. The Hall–Kier alpha value is -3.52. The van der Waals surface area contributed by atoms with Gasteiger partial charge in [-0.25, -0.2) is 0 Å². The summed E-state index contributed by atoms with van der Waals surface area (Å²) < 4.78 is 41.6. The number of aromatic amines is 1. The van der Waals surface area contributed by atoms with E-state index >= 15 is 0 Å². The van der Waals surface area contributed by atoms with Gasteiger partial charge in [0.2, 0.25) is 0 Å². The monoisotopic (exact) mass is 437 g/mol. The van der Waals surface area contributed by atoms with Gasteiger partial charge in [0, 0.05) is 34.9 Å². The van der Waals surface area contributed by atoms with Crippen molar-refractivity contribution in [1.29, 1.82) is 0 Å². The van der Waals surface area contributed by atoms with E-state index in [0.29, 0.717) is 22.8 Å². The van der Waals surface area contributed by atoms with Gasteiger partial charge in [-0.3, -0.25) is 4.79 Å². The number of nitrogens with zero attached hydrogens (tertiary/aromatic N) is 3. The number of halogens is 3. The number of amides is 1. The van der Waals surface area contributed by atoms with Gasteiger partial charge >= 0.3 is 12.1 Å². The predicted molar refractivity (Wildman–Crippen MR) is 115 cm³/mol. The molecule has 1 aliphatic heterocycles. The Labute approximate surface area is 180 Å². The number of carbonyl (C=O) groups is 1. The van der Waals surface area contributed by atoms with Crippen LogP contribution in [0.25, 0.3) is 32.6 Å². The van der Waals surface area contributed by atoms with Gasteiger partial charge < -0.3 is 9.88 Å². The van der Waals surface area contributed by atoms with Gasteiger partial charge in [-0.2, -0.15) is 13.2 Å². The van der Waals surface area contributed by atoms with Crippen LogP contribution in [0.3, 0.4) is 0 Å². The summed E-state index contributed by atoms with van der Waals surface area (Å²) in [7, 11) is 3.72. The minimum atomic E-state index is -4.48. The number of fused-ring (bicyclic) bond motifs is 3. The molecule has 0 spiro atoms. The molecule has 32 heavy (non-hydrogen) atoms. The van der Waals surface area contributed by atoms with Crippen molar-refractivity contribution in [1.82, 2.24) is 9.88 Å². The number of H-pyrrole nitrogens is 1. The SMILES string of the molecule is CN(C)CCC(=O)N=[n+]1c2c3cccc4cccc(c=2[nH]c2cc(C(F)(F)F)ccc21)c43. The zero-order valence-electron chi connectivity index (χ0n) is 17.5. The van der Waals surface area contributed by atoms with Gasteiger partial charge in [-0.1, -0.05) is 30.3 Å². The van der Waals surface area contributed by atoms with Crippen molar-refractivity contribution in [3.8, 4) is 0 Å². The van der Waals surface area contributed by atoms with Crippen LogP contribution in [-0.2, 0) is 11.0 Å². The van der Waals surface area contributed by atoms with Crippen LogP contribution in [-0.4, -0.2) is 36.4 Å². The molecule has 1 amide bonds. The number of alkyl halides is 3. The number of rotatable bonds is 3. The van der Waals surface area contributed by atoms with E-state index in [0.717, 1.165) is 33.7 Å². The second-order valence-electron chi connectivity index (χ2n) is 8.15. The summed E-state index contributed by atoms with van der Waals surface area (Å²) in [5.74, 6) is -0.346. The molecule has 0 fully saturated rings. The van der Waals surface area contributed by atoms with Crippen LogP contribution >= 0.6 is 0 Å². The average molecular weight is 437 g/mol. The fourth-order valence-corrected chi connectivity index (χ4v) is 4.19. The number of hydrogen-bond acceptors (Lipinski definition) is 2. The smallest absolute Gasteiger partial charge is 0.344 e. The van der Waals surface area contributed by atoms with Crippen LogP contribution in [0.15, 0.2) is 59.7 Å². The molecule has 0 atom stereocenters. The van der Waals surface area contributed by atoms with Crippen molar-refractivity contribution < 1.29 is 22.3 Å². The molecule has 3 aromatic carbocycles. The second kappa shape index (κ2) is 7.27. The molecule has 0 unspecified atom stereocenters. The molecule has 2 aliphatic rings. The van der Waals surface area contributed by atoms with Gasteiger partial charge in [0.05, 0.1) is 10.9 Å². The minimum absolute atomic E-state index is 0.201. The first-order valence-corrected chi connectivity index (χ1v) is 10.2. The number of benzene rings is 3. The van der Waals surface area contributed by atoms with Gasteiger partial charge in [0.25, 0.3) is 10.9 Å². The molecule has 1 N–H and O–H groups in total. The predicted octanol–water partition coefficient (Wildman–Crippen LogP) is 4.73. The van der Waals surface area contributed by atoms with E-state index in [1.165, 1.54) is 10.4 Å². The summed E-state index contributed by atoms with van der Waals surface area (Å²) in [4.78, 5) is 17.8. The molecule has 5 nitrogen and oxygen atoms in total. The van der Waals surface area contributed by atoms with E-state index < -0.39 is 11.7 Å². The molecule has 3 aromatic rings. The quantitative estimate of drug-likeness (QED) is 0.415. The molecular weight excluding hydrogens is 417 g/mol. The zero-order chi connectivity index (χ0) is 22.6. The highest BCUT2D eigenvalue weighted by Gasteiger charge is 2.31. The van der Waals surface area contributed by atoms with Gasteiger partial charge in [-0.05, 0) is 42.0 Å². The van der Waals surface area contributed by atoms with Crippen molar-refractivity contribution in [2.24, 2.45) is 5.11 Å². The molecule has 8 heteroatoms. The molecule has 0 saturated heterocycles. The summed E-state index contributed by atoms with van der Waals surface area (Å²) in [6, 6.07) is 15.1. The molecule has 0 saturated carbocycles. The highest BCUT2D eigenvalue weighted by atomic mass is 19.4. The third kappa shape index (κ3) is 3.27. The molecular formula is C24H20F3N4O+. The van der Waals surface area contributed by atoms with Crippen LogP contribution < -0.4 is 4.36 Å². The lowest BCUT2D eigenvalue weighted by atomic mass is 10.1. The van der Waals surface area contributed by atoms with Crippen molar-refractivity contribution in [3.05, 3.63) is 70.9 Å². The largest absolute Gasteiger partial charge is 0.416 e. The van der Waals surface area contributed by atoms with Crippen LogP contribution in [0.2, 0.25) is 0 Å². The fraction of sp³-hybridized carbons (Fsp3) is 0.208. The Balaban J connectivity index is 1.95. The fourth-order valence-electron chi connectivity index (χ4n) is 4.19. The Morgan fingerprint density at radius 3 is 2.47 bits per heavy atom. The highest BCUT2D eigenvalue weighted by Crippen LogP contribution is 2.32. The Kier molecular flexibility index (Phi) is 4.63. The first-order valence-electron chi connectivity index (χ1n) is 10.2. The third-order valence-corrected chi connectivity index (χ3v) is 5.67. The summed E-state index contributed by atoms with van der Waals surface area (Å²) in [6.07, 6.45) is -4.28. The van der Waals surface area contributed by atoms with Crippen LogP contribution in [0, 0.1) is 10.7 Å². The highest BCUT2D eigenvalue weighted by molar-refractivity contribution is 6.11. The lowest BCUT2D eigenvalue weighted by molar-refractivity contribution is -0.524. The van der Waals surface area contributed by atoms with E-state index in [1.54, 1.807) is 0 Å². The lowest BCUT2D eigenvalue weighted by Crippen LogP contribution is -2.25. The minimum Gasteiger partial charge on any atom is -0.344 e. The summed E-state index contributed by atoms with van der Waals surface area (Å²) in [6.45, 7) is 0.524. The molecule has 0 radical (unpaired) electrons.